The molecule has 0 saturated heterocycles. The lowest BCUT2D eigenvalue weighted by Crippen LogP contribution is -2.33. The van der Waals surface area contributed by atoms with Crippen molar-refractivity contribution >= 4 is 22.5 Å². The summed E-state index contributed by atoms with van der Waals surface area (Å²) in [6.45, 7) is 0.390. The Morgan fingerprint density at radius 1 is 1.22 bits per heavy atom. The van der Waals surface area contributed by atoms with Crippen LogP contribution in [-0.2, 0) is 0 Å². The maximum atomic E-state index is 13.7. The zero-order valence-electron chi connectivity index (χ0n) is 12.7. The molecule has 0 aliphatic heterocycles. The van der Waals surface area contributed by atoms with Gasteiger partial charge in [0.25, 0.3) is 0 Å². The molecule has 23 heavy (non-hydrogen) atoms. The number of hydrogen-bond acceptors (Lipinski definition) is 2. The molecule has 0 spiro atoms. The molecular weight excluding hydrogens is 315 g/mol. The predicted molar refractivity (Wildman–Crippen MR) is 91.4 cm³/mol. The van der Waals surface area contributed by atoms with E-state index in [4.69, 9.17) is 11.6 Å². The summed E-state index contributed by atoms with van der Waals surface area (Å²) in [6.07, 6.45) is 1.19. The summed E-state index contributed by atoms with van der Waals surface area (Å²) in [5.41, 5.74) is 1.62. The Kier molecular flexibility index (Phi) is 4.66. The highest BCUT2D eigenvalue weighted by Crippen LogP contribution is 2.29. The molecule has 5 heteroatoms. The first kappa shape index (κ1) is 16.0. The number of hydrogen-bond donors (Lipinski definition) is 2. The first-order chi connectivity index (χ1) is 11.1. The second-order valence-corrected chi connectivity index (χ2v) is 5.99. The van der Waals surface area contributed by atoms with Gasteiger partial charge in [-0.25, -0.2) is 4.39 Å². The first-order valence-corrected chi connectivity index (χ1v) is 7.82. The minimum Gasteiger partial charge on any atom is -0.389 e. The van der Waals surface area contributed by atoms with Gasteiger partial charge in [0.1, 0.15) is 5.82 Å². The quantitative estimate of drug-likeness (QED) is 0.749. The fraction of sp³-hybridized carbons (Fsp3) is 0.222. The van der Waals surface area contributed by atoms with Gasteiger partial charge in [-0.05, 0) is 48.3 Å². The van der Waals surface area contributed by atoms with Crippen LogP contribution < -0.4 is 5.32 Å². The number of nitrogens with one attached hydrogen (secondary N) is 1. The maximum absolute atomic E-state index is 13.7. The van der Waals surface area contributed by atoms with E-state index in [1.54, 1.807) is 13.1 Å². The number of benzene rings is 2. The van der Waals surface area contributed by atoms with Gasteiger partial charge in [-0.15, -0.1) is 0 Å². The molecule has 0 saturated carbocycles. The molecule has 3 aromatic rings. The van der Waals surface area contributed by atoms with Crippen LogP contribution in [0.25, 0.3) is 10.9 Å². The average molecular weight is 333 g/mol. The molecular formula is C18H18ClFN2O. The number of fused-ring (bicyclic) bond motifs is 1. The molecule has 2 N–H and O–H groups in total. The highest BCUT2D eigenvalue weighted by atomic mass is 35.5. The van der Waals surface area contributed by atoms with Crippen LogP contribution in [0.2, 0.25) is 5.02 Å². The van der Waals surface area contributed by atoms with Crippen molar-refractivity contribution in [2.45, 2.75) is 12.1 Å². The standard InChI is InChI=1S/C18H18ClFN2O/c1-21-11-17(23)18(13-3-2-4-15(20)9-13)22-8-7-12-5-6-14(19)10-16(12)22/h2-10,17-18,21,23H,11H2,1H3. The molecule has 0 bridgehead atoms. The van der Waals surface area contributed by atoms with Crippen molar-refractivity contribution in [3.63, 3.8) is 0 Å². The van der Waals surface area contributed by atoms with Crippen LogP contribution in [-0.4, -0.2) is 29.4 Å². The van der Waals surface area contributed by atoms with Crippen LogP contribution in [0.5, 0.6) is 0 Å². The molecule has 0 aliphatic rings. The molecule has 2 aromatic carbocycles. The van der Waals surface area contributed by atoms with Gasteiger partial charge in [0.2, 0.25) is 0 Å². The number of aliphatic hydroxyl groups excluding tert-OH is 1. The lowest BCUT2D eigenvalue weighted by atomic mass is 10.0. The van der Waals surface area contributed by atoms with Crippen molar-refractivity contribution in [1.29, 1.82) is 0 Å². The molecule has 1 aromatic heterocycles. The number of nitrogens with zero attached hydrogens (tertiary/aromatic N) is 1. The minimum absolute atomic E-state index is 0.321. The monoisotopic (exact) mass is 332 g/mol. The number of halogens is 2. The van der Waals surface area contributed by atoms with Gasteiger partial charge in [0, 0.05) is 17.8 Å². The maximum Gasteiger partial charge on any atom is 0.123 e. The predicted octanol–water partition coefficient (Wildman–Crippen LogP) is 3.60. The van der Waals surface area contributed by atoms with Crippen molar-refractivity contribution in [1.82, 2.24) is 9.88 Å². The molecule has 2 atom stereocenters. The van der Waals surface area contributed by atoms with E-state index < -0.39 is 12.1 Å². The van der Waals surface area contributed by atoms with Crippen LogP contribution in [0.4, 0.5) is 4.39 Å². The third kappa shape index (κ3) is 3.24. The molecule has 1 heterocycles. The molecule has 0 aliphatic carbocycles. The van der Waals surface area contributed by atoms with E-state index in [2.05, 4.69) is 5.32 Å². The molecule has 0 fully saturated rings. The minimum atomic E-state index is -0.712. The van der Waals surface area contributed by atoms with Gasteiger partial charge in [-0.1, -0.05) is 29.8 Å². The highest BCUT2D eigenvalue weighted by molar-refractivity contribution is 6.31. The van der Waals surface area contributed by atoms with E-state index in [1.165, 1.54) is 12.1 Å². The first-order valence-electron chi connectivity index (χ1n) is 7.44. The van der Waals surface area contributed by atoms with Crippen molar-refractivity contribution in [2.75, 3.05) is 13.6 Å². The van der Waals surface area contributed by atoms with Gasteiger partial charge >= 0.3 is 0 Å². The third-order valence-corrected chi connectivity index (χ3v) is 4.19. The van der Waals surface area contributed by atoms with Crippen molar-refractivity contribution in [2.24, 2.45) is 0 Å². The van der Waals surface area contributed by atoms with Crippen LogP contribution in [0.15, 0.2) is 54.7 Å². The van der Waals surface area contributed by atoms with Gasteiger partial charge < -0.3 is 15.0 Å². The van der Waals surface area contributed by atoms with E-state index >= 15 is 0 Å². The largest absolute Gasteiger partial charge is 0.389 e. The summed E-state index contributed by atoms with van der Waals surface area (Å²) in [4.78, 5) is 0. The number of rotatable bonds is 5. The van der Waals surface area contributed by atoms with Crippen molar-refractivity contribution in [3.8, 4) is 0 Å². The average Bonchev–Trinajstić information content (AvgIpc) is 2.91. The van der Waals surface area contributed by atoms with Gasteiger partial charge in [-0.3, -0.25) is 0 Å². The van der Waals surface area contributed by atoms with Crippen LogP contribution in [0.3, 0.4) is 0 Å². The molecule has 3 rings (SSSR count). The van der Waals surface area contributed by atoms with E-state index in [-0.39, 0.29) is 5.82 Å². The summed E-state index contributed by atoms with van der Waals surface area (Å²) in [5.74, 6) is -0.321. The fourth-order valence-corrected chi connectivity index (χ4v) is 3.11. The smallest absolute Gasteiger partial charge is 0.123 e. The van der Waals surface area contributed by atoms with E-state index in [0.717, 1.165) is 10.9 Å². The number of aliphatic hydroxyl groups is 1. The zero-order chi connectivity index (χ0) is 16.4. The molecule has 0 amide bonds. The molecule has 3 nitrogen and oxygen atoms in total. The highest BCUT2D eigenvalue weighted by Gasteiger charge is 2.24. The normalized spacial score (nSPS) is 14.1. The number of likely N-dealkylation sites (N-methyl/N-ethyl adjacent to an activating group) is 1. The van der Waals surface area contributed by atoms with Crippen LogP contribution >= 0.6 is 11.6 Å². The lowest BCUT2D eigenvalue weighted by molar-refractivity contribution is 0.132. The Hall–Kier alpha value is -1.88. The second-order valence-electron chi connectivity index (χ2n) is 5.55. The fourth-order valence-electron chi connectivity index (χ4n) is 2.94. The Bertz CT molecular complexity index is 818. The van der Waals surface area contributed by atoms with E-state index in [9.17, 15) is 9.50 Å². The van der Waals surface area contributed by atoms with Gasteiger partial charge in [-0.2, -0.15) is 0 Å². The van der Waals surface area contributed by atoms with E-state index in [0.29, 0.717) is 17.1 Å². The third-order valence-electron chi connectivity index (χ3n) is 3.95. The molecule has 120 valence electrons. The second kappa shape index (κ2) is 6.71. The Balaban J connectivity index is 2.15. The van der Waals surface area contributed by atoms with Gasteiger partial charge in [0.15, 0.2) is 0 Å². The summed E-state index contributed by atoms with van der Waals surface area (Å²) >= 11 is 6.12. The van der Waals surface area contributed by atoms with E-state index in [1.807, 2.05) is 41.1 Å². The van der Waals surface area contributed by atoms with Crippen LogP contribution in [0, 0.1) is 5.82 Å². The summed E-state index contributed by atoms with van der Waals surface area (Å²) in [7, 11) is 1.77. The summed E-state index contributed by atoms with van der Waals surface area (Å²) in [6, 6.07) is 13.5. The summed E-state index contributed by atoms with van der Waals surface area (Å²) in [5, 5.41) is 15.2. The molecule has 0 radical (unpaired) electrons. The Morgan fingerprint density at radius 2 is 2.04 bits per heavy atom. The Morgan fingerprint density at radius 3 is 2.78 bits per heavy atom. The zero-order valence-corrected chi connectivity index (χ0v) is 13.5. The summed E-state index contributed by atoms with van der Waals surface area (Å²) < 4.78 is 15.6. The number of aromatic nitrogens is 1. The lowest BCUT2D eigenvalue weighted by Gasteiger charge is -2.26. The van der Waals surface area contributed by atoms with Gasteiger partial charge in [0.05, 0.1) is 17.7 Å². The van der Waals surface area contributed by atoms with Crippen molar-refractivity contribution in [3.05, 3.63) is 71.1 Å². The molecule has 2 unspecified atom stereocenters. The SMILES string of the molecule is CNCC(O)C(c1cccc(F)c1)n1ccc2ccc(Cl)cc21. The Labute approximate surface area is 139 Å². The van der Waals surface area contributed by atoms with Crippen molar-refractivity contribution < 1.29 is 9.50 Å². The topological polar surface area (TPSA) is 37.2 Å². The van der Waals surface area contributed by atoms with Crippen LogP contribution in [0.1, 0.15) is 11.6 Å².